The Kier molecular flexibility index (Phi) is 6.49. The zero-order valence-corrected chi connectivity index (χ0v) is 13.4. The van der Waals surface area contributed by atoms with Gasteiger partial charge in [0.2, 0.25) is 0 Å². The van der Waals surface area contributed by atoms with E-state index in [9.17, 15) is 18.0 Å². The highest BCUT2D eigenvalue weighted by Crippen LogP contribution is 2.34. The Morgan fingerprint density at radius 1 is 1.24 bits per heavy atom. The molecule has 0 bridgehead atoms. The fourth-order valence-electron chi connectivity index (χ4n) is 2.16. The van der Waals surface area contributed by atoms with E-state index in [1.54, 1.807) is 0 Å². The maximum absolute atomic E-state index is 13.0. The van der Waals surface area contributed by atoms with E-state index in [-0.39, 0.29) is 18.0 Å². The summed E-state index contributed by atoms with van der Waals surface area (Å²) in [5.41, 5.74) is -1.18. The van der Waals surface area contributed by atoms with Crippen molar-refractivity contribution < 1.29 is 18.0 Å². The second kappa shape index (κ2) is 7.47. The van der Waals surface area contributed by atoms with E-state index < -0.39 is 17.6 Å². The molecule has 1 N–H and O–H groups in total. The average Bonchev–Trinajstić information content (AvgIpc) is 2.65. The largest absolute Gasteiger partial charge is 0.417 e. The van der Waals surface area contributed by atoms with Gasteiger partial charge in [0.05, 0.1) is 11.1 Å². The van der Waals surface area contributed by atoms with Crippen molar-refractivity contribution in [1.82, 2.24) is 10.2 Å². The molecule has 0 radical (unpaired) electrons. The molecule has 1 aliphatic rings. The molecule has 8 heteroatoms. The number of nitrogens with zero attached hydrogens (tertiary/aromatic N) is 1. The lowest BCUT2D eigenvalue weighted by atomic mass is 10.1. The number of carbonyl (C=O) groups excluding carboxylic acids is 1. The van der Waals surface area contributed by atoms with Crippen molar-refractivity contribution in [2.45, 2.75) is 12.6 Å². The molecule has 1 aliphatic heterocycles. The lowest BCUT2D eigenvalue weighted by Crippen LogP contribution is -2.35. The number of amides is 1. The smallest absolute Gasteiger partial charge is 0.337 e. The number of carbonyl (C=O) groups is 1. The SMILES string of the molecule is Cl.O=C(c1ccc(Br)cc1C(F)(F)F)N1CCCNCC1. The minimum Gasteiger partial charge on any atom is -0.337 e. The number of alkyl halides is 3. The molecule has 0 atom stereocenters. The summed E-state index contributed by atoms with van der Waals surface area (Å²) in [7, 11) is 0. The Morgan fingerprint density at radius 3 is 2.62 bits per heavy atom. The highest BCUT2D eigenvalue weighted by atomic mass is 79.9. The van der Waals surface area contributed by atoms with Gasteiger partial charge in [0.25, 0.3) is 5.91 Å². The molecule has 0 unspecified atom stereocenters. The van der Waals surface area contributed by atoms with Gasteiger partial charge in [-0.15, -0.1) is 12.4 Å². The summed E-state index contributed by atoms with van der Waals surface area (Å²) in [6.45, 7) is 2.27. The van der Waals surface area contributed by atoms with Crippen LogP contribution in [0.15, 0.2) is 22.7 Å². The third-order valence-corrected chi connectivity index (χ3v) is 3.64. The van der Waals surface area contributed by atoms with Crippen LogP contribution in [0.2, 0.25) is 0 Å². The summed E-state index contributed by atoms with van der Waals surface area (Å²) in [6.07, 6.45) is -3.80. The number of hydrogen-bond acceptors (Lipinski definition) is 2. The van der Waals surface area contributed by atoms with Gasteiger partial charge in [-0.25, -0.2) is 0 Å². The predicted octanol–water partition coefficient (Wildman–Crippen LogP) is 3.33. The van der Waals surface area contributed by atoms with E-state index in [4.69, 9.17) is 0 Å². The number of hydrogen-bond donors (Lipinski definition) is 1. The fourth-order valence-corrected chi connectivity index (χ4v) is 2.52. The molecule has 0 spiro atoms. The van der Waals surface area contributed by atoms with Crippen molar-refractivity contribution in [2.75, 3.05) is 26.2 Å². The van der Waals surface area contributed by atoms with Crippen LogP contribution in [-0.2, 0) is 6.18 Å². The highest BCUT2D eigenvalue weighted by Gasteiger charge is 2.36. The molecule has 1 amide bonds. The van der Waals surface area contributed by atoms with E-state index in [1.807, 2.05) is 0 Å². The first kappa shape index (κ1) is 18.3. The normalized spacial score (nSPS) is 16.1. The van der Waals surface area contributed by atoms with Gasteiger partial charge in [-0.1, -0.05) is 15.9 Å². The lowest BCUT2D eigenvalue weighted by Gasteiger charge is -2.22. The number of benzene rings is 1. The van der Waals surface area contributed by atoms with Crippen molar-refractivity contribution in [3.05, 3.63) is 33.8 Å². The van der Waals surface area contributed by atoms with E-state index in [1.165, 1.54) is 17.0 Å². The fraction of sp³-hybridized carbons (Fsp3) is 0.462. The van der Waals surface area contributed by atoms with Crippen LogP contribution in [-0.4, -0.2) is 37.0 Å². The Hall–Kier alpha value is -0.790. The Morgan fingerprint density at radius 2 is 1.95 bits per heavy atom. The average molecular weight is 388 g/mol. The zero-order chi connectivity index (χ0) is 14.8. The van der Waals surface area contributed by atoms with E-state index in [0.29, 0.717) is 24.1 Å². The van der Waals surface area contributed by atoms with Crippen molar-refractivity contribution >= 4 is 34.2 Å². The zero-order valence-electron chi connectivity index (χ0n) is 11.0. The van der Waals surface area contributed by atoms with Crippen LogP contribution in [0, 0.1) is 0 Å². The molecule has 0 aromatic heterocycles. The summed E-state index contributed by atoms with van der Waals surface area (Å²) in [4.78, 5) is 13.8. The second-order valence-electron chi connectivity index (χ2n) is 4.58. The third kappa shape index (κ3) is 4.59. The topological polar surface area (TPSA) is 32.3 Å². The van der Waals surface area contributed by atoms with E-state index in [0.717, 1.165) is 19.0 Å². The van der Waals surface area contributed by atoms with Crippen molar-refractivity contribution in [2.24, 2.45) is 0 Å². The molecule has 1 aromatic rings. The van der Waals surface area contributed by atoms with E-state index >= 15 is 0 Å². The molecule has 21 heavy (non-hydrogen) atoms. The van der Waals surface area contributed by atoms with Crippen molar-refractivity contribution in [1.29, 1.82) is 0 Å². The molecule has 118 valence electrons. The molecule has 1 aromatic carbocycles. The van der Waals surface area contributed by atoms with Gasteiger partial charge in [0.1, 0.15) is 0 Å². The monoisotopic (exact) mass is 386 g/mol. The summed E-state index contributed by atoms with van der Waals surface area (Å²) in [6, 6.07) is 3.63. The highest BCUT2D eigenvalue weighted by molar-refractivity contribution is 9.10. The lowest BCUT2D eigenvalue weighted by molar-refractivity contribution is -0.138. The van der Waals surface area contributed by atoms with Gasteiger partial charge < -0.3 is 10.2 Å². The Bertz CT molecular complexity index is 503. The van der Waals surface area contributed by atoms with Gasteiger partial charge in [-0.3, -0.25) is 4.79 Å². The number of halogens is 5. The van der Waals surface area contributed by atoms with Gasteiger partial charge in [0, 0.05) is 24.1 Å². The summed E-state index contributed by atoms with van der Waals surface area (Å²) in [5, 5.41) is 3.11. The second-order valence-corrected chi connectivity index (χ2v) is 5.50. The molecule has 0 saturated carbocycles. The minimum atomic E-state index is -4.54. The predicted molar refractivity (Wildman–Crippen MR) is 79.8 cm³/mol. The van der Waals surface area contributed by atoms with Crippen LogP contribution in [0.1, 0.15) is 22.3 Å². The summed E-state index contributed by atoms with van der Waals surface area (Å²) < 4.78 is 39.4. The standard InChI is InChI=1S/C13H14BrF3N2O.ClH/c14-9-2-3-10(11(8-9)13(15,16)17)12(20)19-6-1-4-18-5-7-19;/h2-3,8,18H,1,4-7H2;1H. The van der Waals surface area contributed by atoms with Crippen LogP contribution >= 0.6 is 28.3 Å². The Balaban J connectivity index is 0.00000220. The molecule has 1 fully saturated rings. The summed E-state index contributed by atoms with van der Waals surface area (Å²) in [5.74, 6) is -0.562. The Labute approximate surface area is 135 Å². The number of nitrogens with one attached hydrogen (secondary N) is 1. The van der Waals surface area contributed by atoms with Crippen LogP contribution in [0.4, 0.5) is 13.2 Å². The first-order valence-electron chi connectivity index (χ1n) is 6.26. The van der Waals surface area contributed by atoms with Crippen molar-refractivity contribution in [3.63, 3.8) is 0 Å². The summed E-state index contributed by atoms with van der Waals surface area (Å²) >= 11 is 3.01. The van der Waals surface area contributed by atoms with Gasteiger partial charge >= 0.3 is 6.18 Å². The first-order chi connectivity index (χ1) is 9.39. The van der Waals surface area contributed by atoms with Crippen molar-refractivity contribution in [3.8, 4) is 0 Å². The molecule has 0 aliphatic carbocycles. The molecular formula is C13H15BrClF3N2O. The molecule has 3 nitrogen and oxygen atoms in total. The molecule has 1 heterocycles. The van der Waals surface area contributed by atoms with Crippen LogP contribution < -0.4 is 5.32 Å². The molecule has 1 saturated heterocycles. The third-order valence-electron chi connectivity index (χ3n) is 3.14. The molecular weight excluding hydrogens is 373 g/mol. The minimum absolute atomic E-state index is 0. The van der Waals surface area contributed by atoms with E-state index in [2.05, 4.69) is 21.2 Å². The first-order valence-corrected chi connectivity index (χ1v) is 7.05. The van der Waals surface area contributed by atoms with Gasteiger partial charge in [0.15, 0.2) is 0 Å². The maximum Gasteiger partial charge on any atom is 0.417 e. The molecule has 2 rings (SSSR count). The van der Waals surface area contributed by atoms with Crippen LogP contribution in [0.5, 0.6) is 0 Å². The maximum atomic E-state index is 13.0. The van der Waals surface area contributed by atoms with Gasteiger partial charge in [-0.2, -0.15) is 13.2 Å². The number of rotatable bonds is 1. The van der Waals surface area contributed by atoms with Gasteiger partial charge in [-0.05, 0) is 31.2 Å². The van der Waals surface area contributed by atoms with Crippen LogP contribution in [0.25, 0.3) is 0 Å². The quantitative estimate of drug-likeness (QED) is 0.802. The van der Waals surface area contributed by atoms with Crippen LogP contribution in [0.3, 0.4) is 0 Å².